The van der Waals surface area contributed by atoms with Crippen LogP contribution in [0.5, 0.6) is 0 Å². The highest BCUT2D eigenvalue weighted by Gasteiger charge is 2.30. The smallest absolute Gasteiger partial charge is 0.320 e. The van der Waals surface area contributed by atoms with E-state index in [1.54, 1.807) is 0 Å². The van der Waals surface area contributed by atoms with Crippen LogP contribution in [-0.4, -0.2) is 23.9 Å². The van der Waals surface area contributed by atoms with Crippen molar-refractivity contribution in [2.75, 3.05) is 0 Å². The summed E-state index contributed by atoms with van der Waals surface area (Å²) in [5, 5.41) is 1.81. The molecule has 0 spiro atoms. The van der Waals surface area contributed by atoms with E-state index in [1.165, 1.54) is 0 Å². The highest BCUT2D eigenvalue weighted by atomic mass is 32.2. The van der Waals surface area contributed by atoms with Gasteiger partial charge in [0.15, 0.2) is 0 Å². The minimum Gasteiger partial charge on any atom is -0.320 e. The van der Waals surface area contributed by atoms with Gasteiger partial charge in [0.05, 0.1) is 11.0 Å². The summed E-state index contributed by atoms with van der Waals surface area (Å²) in [5.74, 6) is -0.372. The number of rotatable bonds is 2. The molecule has 1 aliphatic carbocycles. The molecule has 1 saturated heterocycles. The van der Waals surface area contributed by atoms with Gasteiger partial charge in [-0.15, -0.1) is 0 Å². The molecule has 0 aromatic carbocycles. The summed E-state index contributed by atoms with van der Waals surface area (Å²) in [7, 11) is 0. The Morgan fingerprint density at radius 3 is 2.41 bits per heavy atom. The third-order valence-corrected chi connectivity index (χ3v) is 3.73. The maximum absolute atomic E-state index is 12.0. The molecular weight excluding hydrogens is 252 g/mol. The van der Waals surface area contributed by atoms with Crippen molar-refractivity contribution in [3.8, 4) is 0 Å². The number of alkyl halides is 2. The van der Waals surface area contributed by atoms with Crippen LogP contribution in [0.1, 0.15) is 25.7 Å². The van der Waals surface area contributed by atoms with Crippen molar-refractivity contribution in [2.45, 2.75) is 38.4 Å². The molecule has 7 heteroatoms. The number of hydrogen-bond donors (Lipinski definition) is 1. The Balaban J connectivity index is 1.97. The summed E-state index contributed by atoms with van der Waals surface area (Å²) in [4.78, 5) is 22.8. The van der Waals surface area contributed by atoms with Crippen LogP contribution in [0.3, 0.4) is 0 Å². The Morgan fingerprint density at radius 1 is 1.29 bits per heavy atom. The van der Waals surface area contributed by atoms with Gasteiger partial charge in [-0.1, -0.05) is 5.57 Å². The summed E-state index contributed by atoms with van der Waals surface area (Å²) in [5.41, 5.74) is 0.868. The van der Waals surface area contributed by atoms with Crippen LogP contribution >= 0.6 is 11.8 Å². The van der Waals surface area contributed by atoms with Gasteiger partial charge in [0.25, 0.3) is 11.1 Å². The lowest BCUT2D eigenvalue weighted by Crippen LogP contribution is -2.22. The minimum absolute atomic E-state index is 0.372. The molecule has 4 nitrogen and oxygen atoms in total. The average Bonchev–Trinajstić information content (AvgIpc) is 2.58. The predicted molar refractivity (Wildman–Crippen MR) is 57.5 cm³/mol. The zero-order chi connectivity index (χ0) is 12.4. The first-order valence-corrected chi connectivity index (χ1v) is 6.06. The van der Waals surface area contributed by atoms with Crippen LogP contribution in [0, 0.1) is 0 Å². The summed E-state index contributed by atoms with van der Waals surface area (Å²) in [6.45, 7) is -2.75. The first kappa shape index (κ1) is 12.5. The second kappa shape index (κ2) is 5.14. The topological polar surface area (TPSA) is 55.4 Å². The number of allylic oxidation sites excluding steroid dienone is 1. The Labute approximate surface area is 101 Å². The molecule has 2 rings (SSSR count). The normalized spacial score (nSPS) is 25.7. The number of carbonyl (C=O) groups excluding carboxylic acids is 2. The van der Waals surface area contributed by atoms with E-state index in [2.05, 4.69) is 10.1 Å². The number of nitrogens with one attached hydrogen (secondary N) is 1. The Bertz CT molecular complexity index is 374. The third-order valence-electron chi connectivity index (χ3n) is 2.77. The van der Waals surface area contributed by atoms with Gasteiger partial charge in [-0.05, 0) is 37.4 Å². The quantitative estimate of drug-likeness (QED) is 0.777. The average molecular weight is 263 g/mol. The minimum atomic E-state index is -2.75. The largest absolute Gasteiger partial charge is 0.345 e. The van der Waals surface area contributed by atoms with E-state index in [9.17, 15) is 18.4 Å². The van der Waals surface area contributed by atoms with Gasteiger partial charge in [0, 0.05) is 0 Å². The molecule has 0 aromatic heterocycles. The molecule has 1 heterocycles. The fraction of sp³-hybridized carbons (Fsp3) is 0.600. The number of ether oxygens (including phenoxy) is 1. The monoisotopic (exact) mass is 263 g/mol. The zero-order valence-electron chi connectivity index (χ0n) is 8.87. The predicted octanol–water partition coefficient (Wildman–Crippen LogP) is 2.41. The van der Waals surface area contributed by atoms with Gasteiger partial charge in [-0.2, -0.15) is 8.78 Å². The van der Waals surface area contributed by atoms with Gasteiger partial charge in [-0.25, -0.2) is 0 Å². The van der Waals surface area contributed by atoms with Crippen molar-refractivity contribution in [3.63, 3.8) is 0 Å². The number of amides is 2. The van der Waals surface area contributed by atoms with E-state index < -0.39 is 12.7 Å². The maximum atomic E-state index is 12.0. The lowest BCUT2D eigenvalue weighted by molar-refractivity contribution is -0.167. The number of hydrogen-bond acceptors (Lipinski definition) is 4. The van der Waals surface area contributed by atoms with Crippen LogP contribution in [-0.2, 0) is 9.53 Å². The molecule has 0 atom stereocenters. The van der Waals surface area contributed by atoms with Crippen molar-refractivity contribution < 1.29 is 23.1 Å². The second-order valence-corrected chi connectivity index (χ2v) is 4.86. The van der Waals surface area contributed by atoms with Crippen LogP contribution in [0.15, 0.2) is 10.5 Å². The summed E-state index contributed by atoms with van der Waals surface area (Å²) in [6.07, 6.45) is 1.53. The van der Waals surface area contributed by atoms with E-state index in [-0.39, 0.29) is 11.1 Å². The van der Waals surface area contributed by atoms with Crippen LogP contribution in [0.25, 0.3) is 0 Å². The van der Waals surface area contributed by atoms with Gasteiger partial charge in [0.1, 0.15) is 0 Å². The van der Waals surface area contributed by atoms with Gasteiger partial charge < -0.3 is 4.74 Å². The number of thioether (sulfide) groups is 1. The van der Waals surface area contributed by atoms with Crippen LogP contribution < -0.4 is 5.32 Å². The molecule has 0 aromatic rings. The van der Waals surface area contributed by atoms with Crippen LogP contribution in [0.4, 0.5) is 13.6 Å². The Hall–Kier alpha value is -0.950. The number of carbonyl (C=O) groups is 2. The molecule has 0 radical (unpaired) electrons. The fourth-order valence-corrected chi connectivity index (χ4v) is 2.82. The summed E-state index contributed by atoms with van der Waals surface area (Å²) in [6, 6.07) is 0. The highest BCUT2D eigenvalue weighted by molar-refractivity contribution is 8.18. The molecule has 1 saturated carbocycles. The molecule has 2 amide bonds. The van der Waals surface area contributed by atoms with Crippen molar-refractivity contribution in [1.82, 2.24) is 5.32 Å². The third kappa shape index (κ3) is 3.04. The van der Waals surface area contributed by atoms with Crippen molar-refractivity contribution in [2.24, 2.45) is 0 Å². The second-order valence-electron chi connectivity index (χ2n) is 3.87. The Kier molecular flexibility index (Phi) is 3.78. The number of halogens is 2. The lowest BCUT2D eigenvalue weighted by atomic mass is 9.92. The molecule has 0 unspecified atom stereocenters. The first-order chi connectivity index (χ1) is 8.06. The van der Waals surface area contributed by atoms with E-state index in [0.717, 1.165) is 17.3 Å². The number of imide groups is 1. The Morgan fingerprint density at radius 2 is 1.94 bits per heavy atom. The SMILES string of the molecule is O=C1NC(=O)C(=C2CCC(OC(F)F)CC2)S1. The van der Waals surface area contributed by atoms with E-state index in [4.69, 9.17) is 0 Å². The van der Waals surface area contributed by atoms with E-state index >= 15 is 0 Å². The standard InChI is InChI=1S/C10H11F2NO3S/c11-9(12)16-6-3-1-5(2-4-6)7-8(14)13-10(15)17-7/h6,9H,1-4H2,(H,13,14,15). The fourth-order valence-electron chi connectivity index (χ4n) is 2.00. The zero-order valence-corrected chi connectivity index (χ0v) is 9.69. The van der Waals surface area contributed by atoms with Crippen molar-refractivity contribution in [3.05, 3.63) is 10.5 Å². The van der Waals surface area contributed by atoms with Gasteiger partial charge in [0.2, 0.25) is 0 Å². The highest BCUT2D eigenvalue weighted by Crippen LogP contribution is 2.35. The van der Waals surface area contributed by atoms with Gasteiger partial charge >= 0.3 is 6.61 Å². The molecular formula is C10H11F2NO3S. The molecule has 2 fully saturated rings. The van der Waals surface area contributed by atoms with Crippen molar-refractivity contribution >= 4 is 22.9 Å². The van der Waals surface area contributed by atoms with Crippen molar-refractivity contribution in [1.29, 1.82) is 0 Å². The lowest BCUT2D eigenvalue weighted by Gasteiger charge is -2.24. The van der Waals surface area contributed by atoms with Crippen LogP contribution in [0.2, 0.25) is 0 Å². The van der Waals surface area contributed by atoms with E-state index in [0.29, 0.717) is 30.6 Å². The van der Waals surface area contributed by atoms with E-state index in [1.807, 2.05) is 0 Å². The molecule has 1 N–H and O–H groups in total. The van der Waals surface area contributed by atoms with Gasteiger partial charge in [-0.3, -0.25) is 14.9 Å². The molecule has 1 aliphatic heterocycles. The molecule has 94 valence electrons. The molecule has 17 heavy (non-hydrogen) atoms. The summed E-state index contributed by atoms with van der Waals surface area (Å²) < 4.78 is 28.4. The molecule has 0 bridgehead atoms. The maximum Gasteiger partial charge on any atom is 0.345 e. The summed E-state index contributed by atoms with van der Waals surface area (Å²) >= 11 is 0.886. The first-order valence-electron chi connectivity index (χ1n) is 5.25. The molecule has 2 aliphatic rings.